The van der Waals surface area contributed by atoms with E-state index in [1.807, 2.05) is 18.2 Å². The molecule has 150 valence electrons. The highest BCUT2D eigenvalue weighted by Gasteiger charge is 2.25. The Morgan fingerprint density at radius 1 is 1.14 bits per heavy atom. The third kappa shape index (κ3) is 5.52. The van der Waals surface area contributed by atoms with Crippen molar-refractivity contribution in [2.24, 2.45) is 10.9 Å². The number of hydrogen-bond donors (Lipinski definition) is 1. The molecular weight excluding hydrogens is 360 g/mol. The Balaban J connectivity index is 1.41. The van der Waals surface area contributed by atoms with Crippen LogP contribution in [0, 0.1) is 17.6 Å². The molecule has 2 aromatic carbocycles. The minimum atomic E-state index is -0.506. The predicted molar refractivity (Wildman–Crippen MR) is 107 cm³/mol. The van der Waals surface area contributed by atoms with Crippen molar-refractivity contribution in [2.75, 3.05) is 33.3 Å². The van der Waals surface area contributed by atoms with Gasteiger partial charge in [-0.1, -0.05) is 36.4 Å². The summed E-state index contributed by atoms with van der Waals surface area (Å²) in [5, 5.41) is 3.22. The minimum absolute atomic E-state index is 0.110. The molecule has 4 nitrogen and oxygen atoms in total. The lowest BCUT2D eigenvalue weighted by Crippen LogP contribution is -2.41. The maximum absolute atomic E-state index is 13.7. The van der Waals surface area contributed by atoms with Crippen molar-refractivity contribution in [3.8, 4) is 0 Å². The van der Waals surface area contributed by atoms with Gasteiger partial charge in [-0.2, -0.15) is 0 Å². The Bertz CT molecular complexity index is 762. The maximum atomic E-state index is 13.7. The van der Waals surface area contributed by atoms with Gasteiger partial charge < -0.3 is 15.0 Å². The van der Waals surface area contributed by atoms with Gasteiger partial charge >= 0.3 is 0 Å². The number of aliphatic imine (C=N–C) groups is 1. The molecule has 3 rings (SSSR count). The van der Waals surface area contributed by atoms with Gasteiger partial charge in [-0.25, -0.2) is 8.78 Å². The zero-order chi connectivity index (χ0) is 19.8. The molecule has 1 atom stereocenters. The molecule has 1 aliphatic heterocycles. The Labute approximate surface area is 165 Å². The van der Waals surface area contributed by atoms with Crippen LogP contribution in [0.3, 0.4) is 0 Å². The molecule has 2 aromatic rings. The van der Waals surface area contributed by atoms with Crippen LogP contribution in [-0.2, 0) is 17.8 Å². The average molecular weight is 387 g/mol. The van der Waals surface area contributed by atoms with Crippen LogP contribution in [0.15, 0.2) is 53.5 Å². The normalized spacial score (nSPS) is 17.2. The number of ether oxygens (including phenoxy) is 1. The summed E-state index contributed by atoms with van der Waals surface area (Å²) >= 11 is 0. The average Bonchev–Trinajstić information content (AvgIpc) is 3.17. The highest BCUT2D eigenvalue weighted by atomic mass is 19.1. The predicted octanol–water partition coefficient (Wildman–Crippen LogP) is 3.62. The van der Waals surface area contributed by atoms with E-state index in [-0.39, 0.29) is 12.0 Å². The number of hydrogen-bond acceptors (Lipinski definition) is 2. The highest BCUT2D eigenvalue weighted by Crippen LogP contribution is 2.17. The fourth-order valence-corrected chi connectivity index (χ4v) is 3.48. The van der Waals surface area contributed by atoms with Crippen molar-refractivity contribution >= 4 is 5.96 Å². The first-order valence-electron chi connectivity index (χ1n) is 9.67. The number of nitrogens with one attached hydrogen (secondary N) is 1. The Hall–Kier alpha value is -2.47. The van der Waals surface area contributed by atoms with Gasteiger partial charge in [0.25, 0.3) is 0 Å². The second-order valence-corrected chi connectivity index (χ2v) is 7.03. The molecule has 1 heterocycles. The summed E-state index contributed by atoms with van der Waals surface area (Å²) < 4.78 is 33.3. The zero-order valence-corrected chi connectivity index (χ0v) is 16.2. The molecule has 0 saturated carbocycles. The van der Waals surface area contributed by atoms with E-state index >= 15 is 0 Å². The van der Waals surface area contributed by atoms with Crippen LogP contribution in [0.1, 0.15) is 17.5 Å². The van der Waals surface area contributed by atoms with Gasteiger partial charge in [0, 0.05) is 38.2 Å². The van der Waals surface area contributed by atoms with Gasteiger partial charge in [0.2, 0.25) is 0 Å². The van der Waals surface area contributed by atoms with E-state index < -0.39 is 11.6 Å². The first-order valence-corrected chi connectivity index (χ1v) is 9.67. The van der Waals surface area contributed by atoms with E-state index in [0.717, 1.165) is 25.5 Å². The lowest BCUT2D eigenvalue weighted by atomic mass is 10.1. The largest absolute Gasteiger partial charge is 0.376 e. The number of guanidine groups is 1. The molecule has 1 unspecified atom stereocenters. The molecule has 28 heavy (non-hydrogen) atoms. The van der Waals surface area contributed by atoms with Crippen LogP contribution in [0.4, 0.5) is 8.78 Å². The van der Waals surface area contributed by atoms with Gasteiger partial charge in [0.05, 0.1) is 13.2 Å². The summed E-state index contributed by atoms with van der Waals surface area (Å²) in [5.41, 5.74) is 1.29. The summed E-state index contributed by atoms with van der Waals surface area (Å²) in [7, 11) is 1.73. The molecule has 0 radical (unpaired) electrons. The van der Waals surface area contributed by atoms with Crippen molar-refractivity contribution in [2.45, 2.75) is 19.4 Å². The van der Waals surface area contributed by atoms with E-state index in [1.165, 1.54) is 23.8 Å². The molecule has 1 aliphatic rings. The van der Waals surface area contributed by atoms with E-state index in [9.17, 15) is 8.78 Å². The first kappa shape index (κ1) is 20.3. The standard InChI is InChI=1S/C22H27F2N3O/c1-25-22(26-12-10-19-20(23)8-5-9-21(19)24)27-13-11-18(14-27)16-28-15-17-6-3-2-4-7-17/h2-9,18H,10-16H2,1H3,(H,25,26). The molecule has 0 amide bonds. The third-order valence-corrected chi connectivity index (χ3v) is 4.98. The SMILES string of the molecule is CN=C(NCCc1c(F)cccc1F)N1CCC(COCc2ccccc2)C1. The maximum Gasteiger partial charge on any atom is 0.193 e. The van der Waals surface area contributed by atoms with Crippen LogP contribution < -0.4 is 5.32 Å². The molecule has 0 spiro atoms. The molecular formula is C22H27F2N3O. The smallest absolute Gasteiger partial charge is 0.193 e. The van der Waals surface area contributed by atoms with Crippen molar-refractivity contribution < 1.29 is 13.5 Å². The summed E-state index contributed by atoms with van der Waals surface area (Å²) in [6.45, 7) is 3.52. The molecule has 0 aliphatic carbocycles. The van der Waals surface area contributed by atoms with E-state index in [4.69, 9.17) is 4.74 Å². The molecule has 6 heteroatoms. The number of benzene rings is 2. The van der Waals surface area contributed by atoms with E-state index in [0.29, 0.717) is 25.7 Å². The van der Waals surface area contributed by atoms with Crippen LogP contribution in [0.5, 0.6) is 0 Å². The number of nitrogens with zero attached hydrogens (tertiary/aromatic N) is 2. The molecule has 1 saturated heterocycles. The molecule has 0 bridgehead atoms. The summed E-state index contributed by atoms with van der Waals surface area (Å²) in [4.78, 5) is 6.49. The van der Waals surface area contributed by atoms with Crippen molar-refractivity contribution in [3.63, 3.8) is 0 Å². The van der Waals surface area contributed by atoms with Gasteiger partial charge in [0.15, 0.2) is 5.96 Å². The minimum Gasteiger partial charge on any atom is -0.376 e. The zero-order valence-electron chi connectivity index (χ0n) is 16.2. The van der Waals surface area contributed by atoms with Gasteiger partial charge in [-0.15, -0.1) is 0 Å². The lowest BCUT2D eigenvalue weighted by molar-refractivity contribution is 0.0907. The van der Waals surface area contributed by atoms with E-state index in [2.05, 4.69) is 27.3 Å². The quantitative estimate of drug-likeness (QED) is 0.582. The Kier molecular flexibility index (Phi) is 7.37. The fraction of sp³-hybridized carbons (Fsp3) is 0.409. The molecule has 1 fully saturated rings. The van der Waals surface area contributed by atoms with Gasteiger partial charge in [-0.3, -0.25) is 4.99 Å². The first-order chi connectivity index (χ1) is 13.7. The van der Waals surface area contributed by atoms with Crippen molar-refractivity contribution in [1.29, 1.82) is 0 Å². The van der Waals surface area contributed by atoms with Gasteiger partial charge in [-0.05, 0) is 30.5 Å². The highest BCUT2D eigenvalue weighted by molar-refractivity contribution is 5.80. The molecule has 1 N–H and O–H groups in total. The Morgan fingerprint density at radius 3 is 2.61 bits per heavy atom. The van der Waals surface area contributed by atoms with Crippen molar-refractivity contribution in [1.82, 2.24) is 10.2 Å². The van der Waals surface area contributed by atoms with Crippen LogP contribution in [0.2, 0.25) is 0 Å². The van der Waals surface area contributed by atoms with Crippen LogP contribution in [0.25, 0.3) is 0 Å². The topological polar surface area (TPSA) is 36.9 Å². The fourth-order valence-electron chi connectivity index (χ4n) is 3.48. The number of halogens is 2. The lowest BCUT2D eigenvalue weighted by Gasteiger charge is -2.22. The van der Waals surface area contributed by atoms with Crippen LogP contribution >= 0.6 is 0 Å². The van der Waals surface area contributed by atoms with Gasteiger partial charge in [0.1, 0.15) is 11.6 Å². The molecule has 0 aromatic heterocycles. The summed E-state index contributed by atoms with van der Waals surface area (Å²) in [5.74, 6) is 0.204. The summed E-state index contributed by atoms with van der Waals surface area (Å²) in [6, 6.07) is 14.1. The monoisotopic (exact) mass is 387 g/mol. The number of likely N-dealkylation sites (tertiary alicyclic amines) is 1. The Morgan fingerprint density at radius 2 is 1.89 bits per heavy atom. The number of rotatable bonds is 7. The van der Waals surface area contributed by atoms with E-state index in [1.54, 1.807) is 7.05 Å². The van der Waals surface area contributed by atoms with Crippen LogP contribution in [-0.4, -0.2) is 44.1 Å². The second-order valence-electron chi connectivity index (χ2n) is 7.03. The summed E-state index contributed by atoms with van der Waals surface area (Å²) in [6.07, 6.45) is 1.31. The van der Waals surface area contributed by atoms with Crippen molar-refractivity contribution in [3.05, 3.63) is 71.3 Å². The second kappa shape index (κ2) is 10.2. The third-order valence-electron chi connectivity index (χ3n) is 4.98.